The zero-order valence-corrected chi connectivity index (χ0v) is 34.2. The fourth-order valence-corrected chi connectivity index (χ4v) is 6.25. The van der Waals surface area contributed by atoms with Crippen LogP contribution in [0, 0.1) is 0 Å². The zero-order chi connectivity index (χ0) is 38.1. The van der Waals surface area contributed by atoms with Crippen LogP contribution in [0.3, 0.4) is 0 Å². The maximum atomic E-state index is 12.5. The Morgan fingerprint density at radius 2 is 1.10 bits per heavy atom. The minimum atomic E-state index is -4.30. The van der Waals surface area contributed by atoms with Gasteiger partial charge in [-0.3, -0.25) is 13.8 Å². The number of carbonyl (C=O) groups is 1. The van der Waals surface area contributed by atoms with Crippen LogP contribution in [0.15, 0.2) is 60.9 Å². The van der Waals surface area contributed by atoms with E-state index in [-0.39, 0.29) is 32.8 Å². The normalized spacial score (nSPS) is 14.1. The van der Waals surface area contributed by atoms with Gasteiger partial charge in [-0.1, -0.05) is 159 Å². The van der Waals surface area contributed by atoms with Crippen molar-refractivity contribution in [1.29, 1.82) is 0 Å². The third-order valence-electron chi connectivity index (χ3n) is 8.51. The van der Waals surface area contributed by atoms with Gasteiger partial charge in [0, 0.05) is 13.0 Å². The van der Waals surface area contributed by atoms with Crippen molar-refractivity contribution >= 4 is 13.8 Å². The average molecular weight is 752 g/mol. The van der Waals surface area contributed by atoms with Gasteiger partial charge < -0.3 is 20.1 Å². The molecule has 0 aromatic rings. The number of ether oxygens (including phenoxy) is 2. The molecule has 2 atom stereocenters. The summed E-state index contributed by atoms with van der Waals surface area (Å²) in [7, 11) is -4.30. The van der Waals surface area contributed by atoms with Gasteiger partial charge in [0.2, 0.25) is 0 Å². The molecule has 0 aliphatic carbocycles. The molecule has 8 nitrogen and oxygen atoms in total. The van der Waals surface area contributed by atoms with Gasteiger partial charge in [-0.25, -0.2) is 4.57 Å². The van der Waals surface area contributed by atoms with Gasteiger partial charge >= 0.3 is 13.8 Å². The molecule has 0 saturated heterocycles. The first kappa shape index (κ1) is 50.0. The summed E-state index contributed by atoms with van der Waals surface area (Å²) in [6, 6.07) is 0. The molecule has 0 fully saturated rings. The third kappa shape index (κ3) is 39.3. The van der Waals surface area contributed by atoms with E-state index in [1.165, 1.54) is 96.3 Å². The summed E-state index contributed by atoms with van der Waals surface area (Å²) in [4.78, 5) is 22.4. The van der Waals surface area contributed by atoms with E-state index in [9.17, 15) is 14.3 Å². The number of allylic oxidation sites excluding steroid dienone is 9. The summed E-state index contributed by atoms with van der Waals surface area (Å²) < 4.78 is 33.1. The van der Waals surface area contributed by atoms with Crippen LogP contribution in [-0.4, -0.2) is 43.3 Å². The van der Waals surface area contributed by atoms with Crippen LogP contribution in [0.5, 0.6) is 0 Å². The summed E-state index contributed by atoms with van der Waals surface area (Å²) in [5, 5.41) is 0. The van der Waals surface area contributed by atoms with E-state index in [1.54, 1.807) is 6.26 Å². The number of hydrogen-bond donors (Lipinski definition) is 2. The lowest BCUT2D eigenvalue weighted by atomic mass is 10.0. The molecule has 0 aromatic heterocycles. The molecule has 0 heterocycles. The predicted octanol–water partition coefficient (Wildman–Crippen LogP) is 12.5. The van der Waals surface area contributed by atoms with Gasteiger partial charge in [-0.05, 0) is 63.9 Å². The van der Waals surface area contributed by atoms with E-state index in [4.69, 9.17) is 24.3 Å². The molecule has 302 valence electrons. The van der Waals surface area contributed by atoms with Crippen molar-refractivity contribution < 1.29 is 32.8 Å². The molecule has 0 saturated carbocycles. The van der Waals surface area contributed by atoms with Crippen LogP contribution >= 0.6 is 7.82 Å². The van der Waals surface area contributed by atoms with E-state index < -0.39 is 19.9 Å². The SMILES string of the molecule is CC/C=C\C/C=C\C/C=C\C/C=C\CCCCC(=O)O[C@H](CO/C=C\CCCCCCCCCCCCCCCCCC)COP(=O)(O)OCCN. The second-order valence-corrected chi connectivity index (χ2v) is 15.0. The Labute approximate surface area is 319 Å². The molecule has 0 rings (SSSR count). The van der Waals surface area contributed by atoms with Gasteiger partial charge in [0.1, 0.15) is 6.61 Å². The number of phosphoric ester groups is 1. The number of phosphoric acid groups is 1. The number of hydrogen-bond acceptors (Lipinski definition) is 7. The third-order valence-corrected chi connectivity index (χ3v) is 9.50. The van der Waals surface area contributed by atoms with Crippen LogP contribution in [0.25, 0.3) is 0 Å². The molecule has 9 heteroatoms. The average Bonchev–Trinajstić information content (AvgIpc) is 3.13. The van der Waals surface area contributed by atoms with E-state index >= 15 is 0 Å². The quantitative estimate of drug-likeness (QED) is 0.0210. The minimum Gasteiger partial charge on any atom is -0.498 e. The van der Waals surface area contributed by atoms with Gasteiger partial charge in [-0.15, -0.1) is 0 Å². The second-order valence-electron chi connectivity index (χ2n) is 13.5. The number of unbranched alkanes of at least 4 members (excludes halogenated alkanes) is 18. The number of carbonyl (C=O) groups excluding carboxylic acids is 1. The molecular formula is C43H78NO7P. The summed E-state index contributed by atoms with van der Waals surface area (Å²) in [5.41, 5.74) is 5.35. The fourth-order valence-electron chi connectivity index (χ4n) is 5.48. The highest BCUT2D eigenvalue weighted by atomic mass is 31.2. The minimum absolute atomic E-state index is 0.0139. The van der Waals surface area contributed by atoms with Gasteiger partial charge in [0.25, 0.3) is 0 Å². The number of rotatable bonds is 39. The van der Waals surface area contributed by atoms with E-state index in [0.717, 1.165) is 51.4 Å². The largest absolute Gasteiger partial charge is 0.498 e. The first-order valence-electron chi connectivity index (χ1n) is 20.8. The Balaban J connectivity index is 4.16. The molecule has 0 amide bonds. The lowest BCUT2D eigenvalue weighted by Gasteiger charge is -2.19. The van der Waals surface area contributed by atoms with E-state index in [2.05, 4.69) is 62.5 Å². The highest BCUT2D eigenvalue weighted by Gasteiger charge is 2.25. The topological polar surface area (TPSA) is 117 Å². The lowest BCUT2D eigenvalue weighted by molar-refractivity contribution is -0.153. The standard InChI is InChI=1S/C43H78NO7P/c1-3-5-7-9-11-13-15-17-19-20-21-23-25-27-29-31-33-35-38-48-40-42(41-50-52(46,47)49-39-37-44)51-43(45)36-34-32-30-28-26-24-22-18-16-14-12-10-8-6-4-2/h6,8,12,14,18,22,26,28,35,38,42H,3-5,7,9-11,13,15-17,19-21,23-25,27,29-34,36-37,39-41,44H2,1-2H3,(H,46,47)/b8-6-,14-12-,22-18-,28-26-,38-35-/t42-/m1/s1. The zero-order valence-electron chi connectivity index (χ0n) is 33.3. The van der Waals surface area contributed by atoms with Crippen molar-refractivity contribution in [2.45, 2.75) is 180 Å². The van der Waals surface area contributed by atoms with Gasteiger partial charge in [0.05, 0.1) is 19.5 Å². The van der Waals surface area contributed by atoms with Crippen molar-refractivity contribution in [3.63, 3.8) is 0 Å². The summed E-state index contributed by atoms with van der Waals surface area (Å²) in [6.07, 6.45) is 49.1. The Bertz CT molecular complexity index is 979. The second kappa shape index (κ2) is 40.2. The Morgan fingerprint density at radius 1 is 0.615 bits per heavy atom. The van der Waals surface area contributed by atoms with Crippen molar-refractivity contribution in [2.75, 3.05) is 26.4 Å². The van der Waals surface area contributed by atoms with Crippen molar-refractivity contribution in [1.82, 2.24) is 0 Å². The summed E-state index contributed by atoms with van der Waals surface area (Å²) in [5.74, 6) is -0.393. The molecule has 52 heavy (non-hydrogen) atoms. The molecule has 0 aliphatic rings. The maximum Gasteiger partial charge on any atom is 0.472 e. The first-order chi connectivity index (χ1) is 25.4. The smallest absolute Gasteiger partial charge is 0.472 e. The maximum absolute atomic E-state index is 12.5. The highest BCUT2D eigenvalue weighted by molar-refractivity contribution is 7.47. The molecule has 0 bridgehead atoms. The molecule has 1 unspecified atom stereocenters. The van der Waals surface area contributed by atoms with Crippen molar-refractivity contribution in [3.8, 4) is 0 Å². The molecule has 0 spiro atoms. The molecule has 0 radical (unpaired) electrons. The molecule has 0 aliphatic heterocycles. The molecular weight excluding hydrogens is 673 g/mol. The number of nitrogens with two attached hydrogens (primary N) is 1. The summed E-state index contributed by atoms with van der Waals surface area (Å²) in [6.45, 7) is 4.07. The van der Waals surface area contributed by atoms with Gasteiger partial charge in [-0.2, -0.15) is 0 Å². The highest BCUT2D eigenvalue weighted by Crippen LogP contribution is 2.43. The summed E-state index contributed by atoms with van der Waals surface area (Å²) >= 11 is 0. The van der Waals surface area contributed by atoms with Crippen LogP contribution in [0.1, 0.15) is 174 Å². The Morgan fingerprint density at radius 3 is 1.63 bits per heavy atom. The van der Waals surface area contributed by atoms with Crippen molar-refractivity contribution in [3.05, 3.63) is 60.9 Å². The van der Waals surface area contributed by atoms with Crippen LogP contribution in [-0.2, 0) is 27.9 Å². The van der Waals surface area contributed by atoms with Gasteiger partial charge in [0.15, 0.2) is 6.10 Å². The Hall–Kier alpha value is -1.96. The Kier molecular flexibility index (Phi) is 38.7. The fraction of sp³-hybridized carbons (Fsp3) is 0.744. The van der Waals surface area contributed by atoms with Crippen molar-refractivity contribution in [2.24, 2.45) is 5.73 Å². The number of esters is 1. The molecule has 3 N–H and O–H groups in total. The van der Waals surface area contributed by atoms with E-state index in [0.29, 0.717) is 6.42 Å². The predicted molar refractivity (Wildman–Crippen MR) is 219 cm³/mol. The van der Waals surface area contributed by atoms with Crippen LogP contribution in [0.2, 0.25) is 0 Å². The van der Waals surface area contributed by atoms with E-state index in [1.807, 2.05) is 6.08 Å². The monoisotopic (exact) mass is 752 g/mol. The van der Waals surface area contributed by atoms with Crippen LogP contribution in [0.4, 0.5) is 0 Å². The lowest BCUT2D eigenvalue weighted by Crippen LogP contribution is -2.27. The molecule has 0 aromatic carbocycles. The van der Waals surface area contributed by atoms with Crippen LogP contribution < -0.4 is 5.73 Å². The first-order valence-corrected chi connectivity index (χ1v) is 22.3.